The number of fused-ring (bicyclic) bond motifs is 1. The zero-order chi connectivity index (χ0) is 22.8. The predicted molar refractivity (Wildman–Crippen MR) is 120 cm³/mol. The molecule has 32 heavy (non-hydrogen) atoms. The van der Waals surface area contributed by atoms with Crippen molar-refractivity contribution in [2.75, 3.05) is 7.11 Å². The van der Waals surface area contributed by atoms with Gasteiger partial charge in [0.1, 0.15) is 0 Å². The summed E-state index contributed by atoms with van der Waals surface area (Å²) in [4.78, 5) is 28.1. The molecule has 0 saturated heterocycles. The van der Waals surface area contributed by atoms with E-state index in [0.29, 0.717) is 17.6 Å². The number of hydrogen-bond acceptors (Lipinski definition) is 5. The van der Waals surface area contributed by atoms with Crippen molar-refractivity contribution in [3.8, 4) is 11.1 Å². The van der Waals surface area contributed by atoms with Crippen molar-refractivity contribution >= 4 is 17.6 Å². The molecule has 2 aromatic heterocycles. The average molecular weight is 429 g/mol. The quantitative estimate of drug-likeness (QED) is 0.458. The van der Waals surface area contributed by atoms with Crippen molar-refractivity contribution in [3.05, 3.63) is 88.4 Å². The number of aromatic nitrogens is 3. The maximum atomic E-state index is 12.0. The molecule has 0 spiro atoms. The molecular weight excluding hydrogens is 406 g/mol. The van der Waals surface area contributed by atoms with Gasteiger partial charge in [0.2, 0.25) is 0 Å². The molecule has 0 aliphatic rings. The van der Waals surface area contributed by atoms with Gasteiger partial charge in [-0.25, -0.2) is 19.1 Å². The first-order valence-corrected chi connectivity index (χ1v) is 10.3. The highest BCUT2D eigenvalue weighted by molar-refractivity contribution is 5.96. The lowest BCUT2D eigenvalue weighted by Gasteiger charge is -2.08. The summed E-state index contributed by atoms with van der Waals surface area (Å²) in [5.41, 5.74) is 6.39. The fourth-order valence-electron chi connectivity index (χ4n) is 3.85. The summed E-state index contributed by atoms with van der Waals surface area (Å²) in [5.74, 6) is -1.44. The lowest BCUT2D eigenvalue weighted by Crippen LogP contribution is -2.08. The monoisotopic (exact) mass is 429 g/mol. The Hall–Kier alpha value is -4.00. The number of nitrogens with zero attached hydrogens (tertiary/aromatic N) is 3. The number of benzene rings is 2. The zero-order valence-corrected chi connectivity index (χ0v) is 18.1. The van der Waals surface area contributed by atoms with E-state index in [1.165, 1.54) is 7.11 Å². The van der Waals surface area contributed by atoms with E-state index in [0.717, 1.165) is 34.5 Å². The van der Waals surface area contributed by atoms with Crippen LogP contribution in [0.2, 0.25) is 0 Å². The molecule has 0 radical (unpaired) electrons. The molecule has 0 bridgehead atoms. The van der Waals surface area contributed by atoms with E-state index in [4.69, 9.17) is 4.74 Å². The Morgan fingerprint density at radius 1 is 1.09 bits per heavy atom. The van der Waals surface area contributed by atoms with Gasteiger partial charge in [-0.2, -0.15) is 5.10 Å². The van der Waals surface area contributed by atoms with Crippen molar-refractivity contribution in [2.24, 2.45) is 0 Å². The standard InChI is InChI=1S/C25H23N3O4/c1-4-21-20(23-26-22(25(31)32-3)13-15(2)28(23)27-21)14-16-9-11-17(12-10-16)18-7-5-6-8-19(18)24(29)30/h5-13H,4,14H2,1-3H3,(H,29,30). The maximum Gasteiger partial charge on any atom is 0.356 e. The van der Waals surface area contributed by atoms with Crippen LogP contribution in [0, 0.1) is 6.92 Å². The highest BCUT2D eigenvalue weighted by Crippen LogP contribution is 2.26. The topological polar surface area (TPSA) is 93.8 Å². The number of esters is 1. The fourth-order valence-corrected chi connectivity index (χ4v) is 3.85. The van der Waals surface area contributed by atoms with Gasteiger partial charge >= 0.3 is 11.9 Å². The normalized spacial score (nSPS) is 11.0. The van der Waals surface area contributed by atoms with E-state index in [1.54, 1.807) is 28.8 Å². The molecule has 7 heteroatoms. The lowest BCUT2D eigenvalue weighted by atomic mass is 9.97. The molecule has 0 aliphatic heterocycles. The van der Waals surface area contributed by atoms with Gasteiger partial charge in [0.25, 0.3) is 0 Å². The summed E-state index contributed by atoms with van der Waals surface area (Å²) in [5, 5.41) is 14.1. The van der Waals surface area contributed by atoms with Gasteiger partial charge in [-0.3, -0.25) is 0 Å². The molecule has 1 N–H and O–H groups in total. The molecule has 7 nitrogen and oxygen atoms in total. The zero-order valence-electron chi connectivity index (χ0n) is 18.1. The number of hydrogen-bond donors (Lipinski definition) is 1. The fraction of sp³-hybridized carbons (Fsp3) is 0.200. The number of carboxylic acid groups (broad SMARTS) is 1. The Balaban J connectivity index is 1.73. The Kier molecular flexibility index (Phi) is 5.73. The van der Waals surface area contributed by atoms with Gasteiger partial charge < -0.3 is 9.84 Å². The van der Waals surface area contributed by atoms with Crippen LogP contribution in [0.4, 0.5) is 0 Å². The second kappa shape index (κ2) is 8.63. The van der Waals surface area contributed by atoms with Crippen LogP contribution in [-0.4, -0.2) is 38.8 Å². The predicted octanol–water partition coefficient (Wildman–Crippen LogP) is 4.34. The third-order valence-electron chi connectivity index (χ3n) is 5.48. The Bertz CT molecular complexity index is 1320. The third-order valence-corrected chi connectivity index (χ3v) is 5.48. The first-order valence-electron chi connectivity index (χ1n) is 10.3. The number of ether oxygens (including phenoxy) is 1. The van der Waals surface area contributed by atoms with Gasteiger partial charge in [-0.1, -0.05) is 49.4 Å². The molecule has 0 atom stereocenters. The van der Waals surface area contributed by atoms with E-state index in [-0.39, 0.29) is 11.3 Å². The number of aromatic carboxylic acids is 1. The van der Waals surface area contributed by atoms with Crippen molar-refractivity contribution in [1.29, 1.82) is 0 Å². The number of carbonyl (C=O) groups excluding carboxylic acids is 1. The second-order valence-electron chi connectivity index (χ2n) is 7.51. The van der Waals surface area contributed by atoms with Crippen LogP contribution >= 0.6 is 0 Å². The minimum absolute atomic E-state index is 0.252. The first kappa shape index (κ1) is 21.2. The van der Waals surface area contributed by atoms with E-state index in [2.05, 4.69) is 10.1 Å². The van der Waals surface area contributed by atoms with Crippen molar-refractivity contribution in [3.63, 3.8) is 0 Å². The molecule has 0 unspecified atom stereocenters. The molecule has 4 aromatic rings. The van der Waals surface area contributed by atoms with E-state index in [9.17, 15) is 14.7 Å². The van der Waals surface area contributed by atoms with E-state index in [1.807, 2.05) is 44.2 Å². The number of aryl methyl sites for hydroxylation is 2. The Morgan fingerprint density at radius 3 is 2.47 bits per heavy atom. The van der Waals surface area contributed by atoms with Crippen molar-refractivity contribution < 1.29 is 19.4 Å². The van der Waals surface area contributed by atoms with Crippen molar-refractivity contribution in [2.45, 2.75) is 26.7 Å². The minimum Gasteiger partial charge on any atom is -0.478 e. The summed E-state index contributed by atoms with van der Waals surface area (Å²) in [6, 6.07) is 16.4. The van der Waals surface area contributed by atoms with Crippen LogP contribution in [0.1, 0.15) is 50.3 Å². The molecule has 2 aromatic carbocycles. The van der Waals surface area contributed by atoms with Gasteiger partial charge in [-0.15, -0.1) is 0 Å². The third kappa shape index (κ3) is 3.85. The van der Waals surface area contributed by atoms with Gasteiger partial charge in [0.15, 0.2) is 11.3 Å². The smallest absolute Gasteiger partial charge is 0.356 e. The summed E-state index contributed by atoms with van der Waals surface area (Å²) in [6.45, 7) is 3.92. The summed E-state index contributed by atoms with van der Waals surface area (Å²) >= 11 is 0. The largest absolute Gasteiger partial charge is 0.478 e. The van der Waals surface area contributed by atoms with Gasteiger partial charge in [-0.05, 0) is 42.2 Å². The van der Waals surface area contributed by atoms with E-state index >= 15 is 0 Å². The van der Waals surface area contributed by atoms with Gasteiger partial charge in [0.05, 0.1) is 18.4 Å². The average Bonchev–Trinajstić information content (AvgIpc) is 3.17. The molecule has 4 rings (SSSR count). The molecular formula is C25H23N3O4. The lowest BCUT2D eigenvalue weighted by molar-refractivity contribution is 0.0593. The molecule has 0 aliphatic carbocycles. The minimum atomic E-state index is -0.952. The highest BCUT2D eigenvalue weighted by Gasteiger charge is 2.18. The van der Waals surface area contributed by atoms with Crippen LogP contribution in [0.3, 0.4) is 0 Å². The Morgan fingerprint density at radius 2 is 1.81 bits per heavy atom. The summed E-state index contributed by atoms with van der Waals surface area (Å²) < 4.78 is 6.60. The van der Waals surface area contributed by atoms with Crippen LogP contribution in [0.25, 0.3) is 16.8 Å². The van der Waals surface area contributed by atoms with Crippen LogP contribution in [-0.2, 0) is 17.6 Å². The SMILES string of the molecule is CCc1nn2c(C)cc(C(=O)OC)nc2c1Cc1ccc(-c2ccccc2C(=O)O)cc1. The molecule has 0 amide bonds. The van der Waals surface area contributed by atoms with Gasteiger partial charge in [0, 0.05) is 17.7 Å². The number of carboxylic acids is 1. The summed E-state index contributed by atoms with van der Waals surface area (Å²) in [7, 11) is 1.34. The van der Waals surface area contributed by atoms with Crippen LogP contribution in [0.15, 0.2) is 54.6 Å². The molecule has 0 saturated carbocycles. The highest BCUT2D eigenvalue weighted by atomic mass is 16.5. The Labute approximate surface area is 185 Å². The number of rotatable bonds is 6. The van der Waals surface area contributed by atoms with Crippen LogP contribution in [0.5, 0.6) is 0 Å². The molecule has 162 valence electrons. The maximum absolute atomic E-state index is 12.0. The molecule has 2 heterocycles. The second-order valence-corrected chi connectivity index (χ2v) is 7.51. The first-order chi connectivity index (χ1) is 15.4. The number of carbonyl (C=O) groups is 2. The summed E-state index contributed by atoms with van der Waals surface area (Å²) in [6.07, 6.45) is 1.32. The number of methoxy groups -OCH3 is 1. The van der Waals surface area contributed by atoms with Crippen molar-refractivity contribution in [1.82, 2.24) is 14.6 Å². The molecule has 0 fully saturated rings. The van der Waals surface area contributed by atoms with E-state index < -0.39 is 11.9 Å². The van der Waals surface area contributed by atoms with Crippen LogP contribution < -0.4 is 0 Å².